The number of amides is 1. The Balaban J connectivity index is 1.51. The topological polar surface area (TPSA) is 100.0 Å². The number of nitrogens with one attached hydrogen (secondary N) is 1. The Labute approximate surface area is 266 Å². The first-order valence-electron chi connectivity index (χ1n) is 15.3. The van der Waals surface area contributed by atoms with Crippen LogP contribution in [0, 0.1) is 5.92 Å². The van der Waals surface area contributed by atoms with Gasteiger partial charge < -0.3 is 21.7 Å². The molecule has 7 nitrogen and oxygen atoms in total. The van der Waals surface area contributed by atoms with Crippen LogP contribution in [-0.2, 0) is 17.6 Å². The number of nitrogens with two attached hydrogens (primary N) is 2. The van der Waals surface area contributed by atoms with Crippen LogP contribution in [-0.4, -0.2) is 73.0 Å². The molecule has 1 fully saturated rings. The zero-order valence-corrected chi connectivity index (χ0v) is 27.1. The first-order valence-corrected chi connectivity index (χ1v) is 16.0. The van der Waals surface area contributed by atoms with Gasteiger partial charge >= 0.3 is 0 Å². The summed E-state index contributed by atoms with van der Waals surface area (Å²) >= 11 is 12.6. The molecule has 9 heteroatoms. The molecular weight excluding hydrogens is 579 g/mol. The first-order chi connectivity index (χ1) is 20.6. The van der Waals surface area contributed by atoms with Gasteiger partial charge in [0.1, 0.15) is 0 Å². The van der Waals surface area contributed by atoms with Crippen LogP contribution in [0.15, 0.2) is 65.7 Å². The van der Waals surface area contributed by atoms with Gasteiger partial charge in [-0.2, -0.15) is 0 Å². The Morgan fingerprint density at radius 2 is 1.81 bits per heavy atom. The Morgan fingerprint density at radius 3 is 2.53 bits per heavy atom. The predicted molar refractivity (Wildman–Crippen MR) is 181 cm³/mol. The summed E-state index contributed by atoms with van der Waals surface area (Å²) in [6.45, 7) is 7.36. The lowest BCUT2D eigenvalue weighted by molar-refractivity contribution is -0.138. The van der Waals surface area contributed by atoms with E-state index >= 15 is 0 Å². The van der Waals surface area contributed by atoms with Gasteiger partial charge in [0, 0.05) is 61.4 Å². The summed E-state index contributed by atoms with van der Waals surface area (Å²) in [5, 5.41) is 6.77. The molecule has 3 atom stereocenters. The number of benzene rings is 3. The van der Waals surface area contributed by atoms with E-state index in [2.05, 4.69) is 64.3 Å². The highest BCUT2D eigenvalue weighted by Crippen LogP contribution is 2.27. The fourth-order valence-electron chi connectivity index (χ4n) is 6.15. The van der Waals surface area contributed by atoms with E-state index in [4.69, 9.17) is 34.7 Å². The molecule has 0 bridgehead atoms. The van der Waals surface area contributed by atoms with Crippen molar-refractivity contribution < 1.29 is 4.79 Å². The summed E-state index contributed by atoms with van der Waals surface area (Å²) < 4.78 is 0. The maximum atomic E-state index is 13.9. The quantitative estimate of drug-likeness (QED) is 0.140. The molecule has 1 heterocycles. The van der Waals surface area contributed by atoms with E-state index in [0.717, 1.165) is 55.4 Å². The van der Waals surface area contributed by atoms with Crippen molar-refractivity contribution in [3.05, 3.63) is 81.8 Å². The van der Waals surface area contributed by atoms with E-state index in [-0.39, 0.29) is 24.0 Å². The molecule has 0 aliphatic carbocycles. The first kappa shape index (κ1) is 33.1. The molecule has 3 aromatic carbocycles. The minimum atomic E-state index is -0.110. The fourth-order valence-corrected chi connectivity index (χ4v) is 6.64. The Kier molecular flexibility index (Phi) is 12.1. The number of aliphatic imine (C=N–C) groups is 1. The van der Waals surface area contributed by atoms with E-state index in [1.54, 1.807) is 13.1 Å². The molecule has 0 aromatic heterocycles. The average molecular weight is 626 g/mol. The minimum Gasteiger partial charge on any atom is -0.370 e. The zero-order chi connectivity index (χ0) is 30.9. The molecular formula is C34H46Cl2N6O. The molecule has 5 N–H and O–H groups in total. The molecule has 3 aromatic rings. The largest absolute Gasteiger partial charge is 0.370 e. The molecule has 3 unspecified atom stereocenters. The molecule has 0 spiro atoms. The number of rotatable bonds is 12. The van der Waals surface area contributed by atoms with Gasteiger partial charge in [-0.3, -0.25) is 14.7 Å². The second-order valence-corrected chi connectivity index (χ2v) is 13.0. The second kappa shape index (κ2) is 15.8. The standard InChI is InChI=1S/C34H46Cl2N6O/c1-23(2)15-31-21-41(20-29(37)18-27-12-13-28(35)19-32(27)36)30(9-6-14-40-34(38)39-3)22-42(31)33(43)17-24-10-11-25-7-4-5-8-26(25)16-24/h4-5,7-8,10-13,16,19,23,29-31H,6,9,14-15,17-18,20-22,37H2,1-3H3,(H3,38,39,40). The molecule has 0 radical (unpaired) electrons. The van der Waals surface area contributed by atoms with Gasteiger partial charge in [0.05, 0.1) is 6.42 Å². The maximum Gasteiger partial charge on any atom is 0.227 e. The van der Waals surface area contributed by atoms with E-state index < -0.39 is 0 Å². The molecule has 1 aliphatic rings. The average Bonchev–Trinajstić information content (AvgIpc) is 2.97. The molecule has 1 saturated heterocycles. The van der Waals surface area contributed by atoms with Crippen LogP contribution in [0.2, 0.25) is 10.0 Å². The van der Waals surface area contributed by atoms with Gasteiger partial charge in [-0.25, -0.2) is 0 Å². The second-order valence-electron chi connectivity index (χ2n) is 12.2. The fraction of sp³-hybridized carbons (Fsp3) is 0.471. The van der Waals surface area contributed by atoms with Gasteiger partial charge in [-0.15, -0.1) is 0 Å². The predicted octanol–water partition coefficient (Wildman–Crippen LogP) is 5.50. The van der Waals surface area contributed by atoms with E-state index in [1.165, 1.54) is 5.39 Å². The number of halogens is 2. The Hall–Kier alpha value is -2.84. The molecule has 1 amide bonds. The highest BCUT2D eigenvalue weighted by atomic mass is 35.5. The third kappa shape index (κ3) is 9.57. The van der Waals surface area contributed by atoms with Crippen molar-refractivity contribution in [3.8, 4) is 0 Å². The lowest BCUT2D eigenvalue weighted by Crippen LogP contribution is -2.62. The van der Waals surface area contributed by atoms with Crippen LogP contribution in [0.3, 0.4) is 0 Å². The van der Waals surface area contributed by atoms with Crippen LogP contribution >= 0.6 is 23.2 Å². The van der Waals surface area contributed by atoms with E-state index in [1.807, 2.05) is 24.3 Å². The summed E-state index contributed by atoms with van der Waals surface area (Å²) in [5.74, 6) is 1.08. The number of carbonyl (C=O) groups is 1. The Bertz CT molecular complexity index is 1400. The summed E-state index contributed by atoms with van der Waals surface area (Å²) in [5.41, 5.74) is 14.6. The normalized spacial score (nSPS) is 18.8. The van der Waals surface area contributed by atoms with Crippen molar-refractivity contribution in [3.63, 3.8) is 0 Å². The number of fused-ring (bicyclic) bond motifs is 1. The molecule has 0 saturated carbocycles. The number of hydrogen-bond acceptors (Lipinski definition) is 4. The van der Waals surface area contributed by atoms with Crippen LogP contribution in [0.1, 0.15) is 44.2 Å². The number of piperazine rings is 1. The number of hydrogen-bond donors (Lipinski definition) is 3. The van der Waals surface area contributed by atoms with Crippen molar-refractivity contribution in [1.29, 1.82) is 0 Å². The van der Waals surface area contributed by atoms with Gasteiger partial charge in [0.15, 0.2) is 5.96 Å². The van der Waals surface area contributed by atoms with Crippen molar-refractivity contribution in [2.75, 3.05) is 33.2 Å². The minimum absolute atomic E-state index is 0.110. The van der Waals surface area contributed by atoms with Gasteiger partial charge in [-0.05, 0) is 65.6 Å². The summed E-state index contributed by atoms with van der Waals surface area (Å²) in [4.78, 5) is 22.6. The van der Waals surface area contributed by atoms with E-state index in [9.17, 15) is 4.79 Å². The SMILES string of the molecule is CN=C(N)NCCCC1CN(C(=O)Cc2ccc3ccccc3c2)C(CC(C)C)CN1CC(N)Cc1ccc(Cl)cc1Cl. The van der Waals surface area contributed by atoms with Crippen LogP contribution in [0.5, 0.6) is 0 Å². The number of carbonyl (C=O) groups excluding carboxylic acids is 1. The number of guanidine groups is 1. The molecule has 43 heavy (non-hydrogen) atoms. The zero-order valence-electron chi connectivity index (χ0n) is 25.6. The monoisotopic (exact) mass is 624 g/mol. The third-order valence-corrected chi connectivity index (χ3v) is 8.86. The lowest BCUT2D eigenvalue weighted by Gasteiger charge is -2.48. The van der Waals surface area contributed by atoms with Crippen LogP contribution in [0.4, 0.5) is 0 Å². The van der Waals surface area contributed by atoms with Gasteiger partial charge in [0.25, 0.3) is 0 Å². The molecule has 1 aliphatic heterocycles. The van der Waals surface area contributed by atoms with Crippen LogP contribution in [0.25, 0.3) is 10.8 Å². The van der Waals surface area contributed by atoms with E-state index in [0.29, 0.717) is 41.3 Å². The molecule has 4 rings (SSSR count). The Morgan fingerprint density at radius 1 is 1.05 bits per heavy atom. The lowest BCUT2D eigenvalue weighted by atomic mass is 9.94. The summed E-state index contributed by atoms with van der Waals surface area (Å²) in [6.07, 6.45) is 3.80. The maximum absolute atomic E-state index is 13.9. The number of nitrogens with zero attached hydrogens (tertiary/aromatic N) is 3. The smallest absolute Gasteiger partial charge is 0.227 e. The van der Waals surface area contributed by atoms with Crippen molar-refractivity contribution in [2.24, 2.45) is 22.4 Å². The summed E-state index contributed by atoms with van der Waals surface area (Å²) in [6, 6.07) is 20.4. The van der Waals surface area contributed by atoms with Gasteiger partial charge in [0.2, 0.25) is 5.91 Å². The third-order valence-electron chi connectivity index (χ3n) is 8.27. The van der Waals surface area contributed by atoms with Crippen molar-refractivity contribution >= 4 is 45.8 Å². The summed E-state index contributed by atoms with van der Waals surface area (Å²) in [7, 11) is 1.67. The van der Waals surface area contributed by atoms with Crippen LogP contribution < -0.4 is 16.8 Å². The highest BCUT2D eigenvalue weighted by molar-refractivity contribution is 6.35. The molecule has 232 valence electrons. The van der Waals surface area contributed by atoms with Crippen molar-refractivity contribution in [1.82, 2.24) is 15.1 Å². The van der Waals surface area contributed by atoms with Gasteiger partial charge in [-0.1, -0.05) is 85.6 Å². The van der Waals surface area contributed by atoms with Crippen molar-refractivity contribution in [2.45, 2.75) is 64.1 Å². The highest BCUT2D eigenvalue weighted by Gasteiger charge is 2.36.